The third kappa shape index (κ3) is 3.60. The van der Waals surface area contributed by atoms with Crippen LogP contribution in [0.5, 0.6) is 0 Å². The van der Waals surface area contributed by atoms with Gasteiger partial charge in [0, 0.05) is 0 Å². The van der Waals surface area contributed by atoms with Gasteiger partial charge in [-0.25, -0.2) is 0 Å². The Hall–Kier alpha value is -1.02. The molecule has 21 heavy (non-hydrogen) atoms. The Morgan fingerprint density at radius 1 is 0.952 bits per heavy atom. The molecule has 0 fully saturated rings. The molecule has 0 aliphatic heterocycles. The monoisotopic (exact) mass is 321 g/mol. The summed E-state index contributed by atoms with van der Waals surface area (Å²) in [7, 11) is 0. The van der Waals surface area contributed by atoms with E-state index in [-0.39, 0.29) is 11.5 Å². The van der Waals surface area contributed by atoms with E-state index >= 15 is 0 Å². The van der Waals surface area contributed by atoms with Gasteiger partial charge in [0.05, 0.1) is 16.1 Å². The van der Waals surface area contributed by atoms with Crippen LogP contribution in [0.3, 0.4) is 0 Å². The second-order valence-corrected chi connectivity index (χ2v) is 6.83. The second-order valence-electron chi connectivity index (χ2n) is 6.01. The van der Waals surface area contributed by atoms with Crippen LogP contribution in [-0.2, 0) is 5.41 Å². The summed E-state index contributed by atoms with van der Waals surface area (Å²) in [4.78, 5) is 0. The molecule has 112 valence electrons. The second kappa shape index (κ2) is 6.39. The van der Waals surface area contributed by atoms with Crippen LogP contribution in [0.15, 0.2) is 42.5 Å². The minimum absolute atomic E-state index is 0.187. The van der Waals surface area contributed by atoms with Crippen molar-refractivity contribution in [2.24, 2.45) is 5.73 Å². The maximum atomic E-state index is 6.33. The van der Waals surface area contributed by atoms with Crippen LogP contribution in [0.25, 0.3) is 0 Å². The van der Waals surface area contributed by atoms with Crippen LogP contribution >= 0.6 is 23.2 Å². The summed E-state index contributed by atoms with van der Waals surface area (Å²) in [5.74, 6) is 0. The number of hydrogen-bond donors (Lipinski definition) is 1. The zero-order chi connectivity index (χ0) is 15.6. The van der Waals surface area contributed by atoms with E-state index in [1.54, 1.807) is 6.07 Å². The highest BCUT2D eigenvalue weighted by Crippen LogP contribution is 2.30. The molecule has 0 heterocycles. The fraction of sp³-hybridized carbons (Fsp3) is 0.333. The average Bonchev–Trinajstić information content (AvgIpc) is 2.49. The zero-order valence-electron chi connectivity index (χ0n) is 12.7. The van der Waals surface area contributed by atoms with Crippen molar-refractivity contribution in [1.29, 1.82) is 0 Å². The Balaban J connectivity index is 2.27. The van der Waals surface area contributed by atoms with Crippen molar-refractivity contribution in [2.75, 3.05) is 0 Å². The van der Waals surface area contributed by atoms with Crippen LogP contribution < -0.4 is 5.73 Å². The number of hydrogen-bond acceptors (Lipinski definition) is 1. The van der Waals surface area contributed by atoms with E-state index in [0.717, 1.165) is 17.5 Å². The lowest BCUT2D eigenvalue weighted by atomic mass is 9.81. The average molecular weight is 322 g/mol. The fourth-order valence-corrected chi connectivity index (χ4v) is 2.55. The van der Waals surface area contributed by atoms with E-state index in [1.165, 1.54) is 5.56 Å². The summed E-state index contributed by atoms with van der Waals surface area (Å²) < 4.78 is 0. The van der Waals surface area contributed by atoms with Crippen molar-refractivity contribution < 1.29 is 0 Å². The summed E-state index contributed by atoms with van der Waals surface area (Å²) >= 11 is 12.0. The zero-order valence-corrected chi connectivity index (χ0v) is 14.2. The number of nitrogens with two attached hydrogens (primary N) is 1. The van der Waals surface area contributed by atoms with Gasteiger partial charge in [0.25, 0.3) is 0 Å². The number of halogens is 2. The minimum atomic E-state index is -0.196. The molecule has 1 unspecified atom stereocenters. The highest BCUT2D eigenvalue weighted by Gasteiger charge is 2.18. The number of benzene rings is 2. The Bertz CT molecular complexity index is 618. The first-order valence-corrected chi connectivity index (χ1v) is 7.91. The SMILES string of the molecule is CCC(C)(C)c1ccc(C(N)c2ccc(Cl)c(Cl)c2)cc1. The van der Waals surface area contributed by atoms with Gasteiger partial charge in [-0.15, -0.1) is 0 Å². The molecule has 0 aliphatic carbocycles. The summed E-state index contributed by atoms with van der Waals surface area (Å²) in [6, 6.07) is 13.9. The van der Waals surface area contributed by atoms with Crippen LogP contribution in [-0.4, -0.2) is 0 Å². The molecule has 0 aromatic heterocycles. The van der Waals surface area contributed by atoms with Gasteiger partial charge >= 0.3 is 0 Å². The van der Waals surface area contributed by atoms with Crippen molar-refractivity contribution >= 4 is 23.2 Å². The summed E-state index contributed by atoms with van der Waals surface area (Å²) in [5, 5.41) is 1.08. The van der Waals surface area contributed by atoms with Crippen LogP contribution in [0.2, 0.25) is 10.0 Å². The smallest absolute Gasteiger partial charge is 0.0595 e. The number of rotatable bonds is 4. The standard InChI is InChI=1S/C18H21Cl2N/c1-4-18(2,3)14-8-5-12(6-9-14)17(21)13-7-10-15(19)16(20)11-13/h5-11,17H,4,21H2,1-3H3. The van der Waals surface area contributed by atoms with E-state index in [9.17, 15) is 0 Å². The van der Waals surface area contributed by atoms with Crippen molar-refractivity contribution in [1.82, 2.24) is 0 Å². The molecule has 0 saturated heterocycles. The molecular weight excluding hydrogens is 301 g/mol. The van der Waals surface area contributed by atoms with Gasteiger partial charge in [0.2, 0.25) is 0 Å². The minimum Gasteiger partial charge on any atom is -0.320 e. The summed E-state index contributed by atoms with van der Waals surface area (Å²) in [6.45, 7) is 6.71. The molecule has 0 amide bonds. The van der Waals surface area contributed by atoms with Crippen LogP contribution in [0.1, 0.15) is 49.9 Å². The normalized spacial score (nSPS) is 13.2. The molecule has 1 atom stereocenters. The lowest BCUT2D eigenvalue weighted by Crippen LogP contribution is -2.16. The van der Waals surface area contributed by atoms with Crippen molar-refractivity contribution in [3.63, 3.8) is 0 Å². The molecule has 3 heteroatoms. The van der Waals surface area contributed by atoms with E-state index in [0.29, 0.717) is 10.0 Å². The van der Waals surface area contributed by atoms with E-state index in [2.05, 4.69) is 45.0 Å². The van der Waals surface area contributed by atoms with Gasteiger partial charge in [-0.2, -0.15) is 0 Å². The highest BCUT2D eigenvalue weighted by atomic mass is 35.5. The third-order valence-corrected chi connectivity index (χ3v) is 4.98. The highest BCUT2D eigenvalue weighted by molar-refractivity contribution is 6.42. The maximum Gasteiger partial charge on any atom is 0.0595 e. The van der Waals surface area contributed by atoms with Crippen LogP contribution in [0.4, 0.5) is 0 Å². The fourth-order valence-electron chi connectivity index (χ4n) is 2.24. The molecule has 2 aromatic carbocycles. The molecule has 0 radical (unpaired) electrons. The maximum absolute atomic E-state index is 6.33. The van der Waals surface area contributed by atoms with E-state index in [4.69, 9.17) is 28.9 Å². The third-order valence-electron chi connectivity index (χ3n) is 4.24. The molecule has 2 N–H and O–H groups in total. The van der Waals surface area contributed by atoms with Gasteiger partial charge in [0.1, 0.15) is 0 Å². The lowest BCUT2D eigenvalue weighted by molar-refractivity contribution is 0.506. The Labute approximate surface area is 137 Å². The van der Waals surface area contributed by atoms with Gasteiger partial charge < -0.3 is 5.73 Å². The molecule has 2 aromatic rings. The first-order chi connectivity index (χ1) is 9.85. The largest absolute Gasteiger partial charge is 0.320 e. The summed E-state index contributed by atoms with van der Waals surface area (Å²) in [6.07, 6.45) is 1.10. The molecule has 1 nitrogen and oxygen atoms in total. The van der Waals surface area contributed by atoms with Gasteiger partial charge in [0.15, 0.2) is 0 Å². The molecular formula is C18H21Cl2N. The molecule has 0 aliphatic rings. The van der Waals surface area contributed by atoms with E-state index < -0.39 is 0 Å². The molecule has 0 bridgehead atoms. The van der Waals surface area contributed by atoms with Crippen molar-refractivity contribution in [2.45, 2.75) is 38.6 Å². The first kappa shape index (κ1) is 16.4. The molecule has 2 rings (SSSR count). The van der Waals surface area contributed by atoms with Crippen LogP contribution in [0, 0.1) is 0 Å². The van der Waals surface area contributed by atoms with Gasteiger partial charge in [-0.05, 0) is 40.7 Å². The van der Waals surface area contributed by atoms with Crippen molar-refractivity contribution in [3.8, 4) is 0 Å². The predicted molar refractivity (Wildman–Crippen MR) is 92.3 cm³/mol. The van der Waals surface area contributed by atoms with E-state index in [1.807, 2.05) is 12.1 Å². The Morgan fingerprint density at radius 2 is 1.52 bits per heavy atom. The predicted octanol–water partition coefficient (Wildman–Crippen LogP) is 5.73. The van der Waals surface area contributed by atoms with Gasteiger partial charge in [-0.3, -0.25) is 0 Å². The summed E-state index contributed by atoms with van der Waals surface area (Å²) in [5.41, 5.74) is 9.88. The van der Waals surface area contributed by atoms with Crippen molar-refractivity contribution in [3.05, 3.63) is 69.2 Å². The first-order valence-electron chi connectivity index (χ1n) is 7.16. The topological polar surface area (TPSA) is 26.0 Å². The Kier molecular flexibility index (Phi) is 4.98. The lowest BCUT2D eigenvalue weighted by Gasteiger charge is -2.24. The Morgan fingerprint density at radius 3 is 2.05 bits per heavy atom. The van der Waals surface area contributed by atoms with Gasteiger partial charge in [-0.1, -0.05) is 74.3 Å². The molecule has 0 saturated carbocycles. The molecule has 0 spiro atoms. The quantitative estimate of drug-likeness (QED) is 0.764.